The zero-order valence-corrected chi connectivity index (χ0v) is 18.7. The fraction of sp³-hybridized carbons (Fsp3) is 0.364. The number of hydrogen-bond donors (Lipinski definition) is 0. The van der Waals surface area contributed by atoms with Gasteiger partial charge in [-0.05, 0) is 49.2 Å². The van der Waals surface area contributed by atoms with Crippen LogP contribution in [0.3, 0.4) is 0 Å². The van der Waals surface area contributed by atoms with E-state index in [-0.39, 0.29) is 23.3 Å². The summed E-state index contributed by atoms with van der Waals surface area (Å²) in [5.41, 5.74) is 0.828. The van der Waals surface area contributed by atoms with Crippen molar-refractivity contribution in [1.82, 2.24) is 14.2 Å². The largest absolute Gasteiger partial charge is 0.481 e. The maximum atomic E-state index is 13.0. The van der Waals surface area contributed by atoms with Gasteiger partial charge in [-0.1, -0.05) is 0 Å². The first-order chi connectivity index (χ1) is 15.7. The van der Waals surface area contributed by atoms with Crippen LogP contribution in [0.15, 0.2) is 47.4 Å². The van der Waals surface area contributed by atoms with E-state index in [0.717, 1.165) is 23.8 Å². The average molecular weight is 471 g/mol. The summed E-state index contributed by atoms with van der Waals surface area (Å²) in [4.78, 5) is 39.1. The molecular formula is C22H22N4O6S. The maximum Gasteiger partial charge on any atom is 0.351 e. The number of anilines is 1. The number of fused-ring (bicyclic) bond motifs is 1. The third-order valence-electron chi connectivity index (χ3n) is 5.75. The molecular weight excluding hydrogens is 448 g/mol. The first kappa shape index (κ1) is 21.4. The molecule has 1 saturated carbocycles. The molecule has 0 bridgehead atoms. The second-order valence-corrected chi connectivity index (χ2v) is 10.6. The number of aromatic nitrogens is 3. The fourth-order valence-electron chi connectivity index (χ4n) is 3.94. The van der Waals surface area contributed by atoms with Crippen LogP contribution in [-0.4, -0.2) is 53.2 Å². The van der Waals surface area contributed by atoms with Crippen LogP contribution in [0.1, 0.15) is 29.6 Å². The number of ketones is 1. The van der Waals surface area contributed by atoms with Crippen LogP contribution in [0, 0.1) is 5.92 Å². The number of carbonyl (C=O) groups excluding carboxylic acids is 2. The van der Waals surface area contributed by atoms with Crippen molar-refractivity contribution in [1.29, 1.82) is 0 Å². The molecule has 0 N–H and O–H groups in total. The first-order valence-corrected chi connectivity index (χ1v) is 12.6. The molecule has 2 fully saturated rings. The van der Waals surface area contributed by atoms with Gasteiger partial charge in [0.15, 0.2) is 27.4 Å². The van der Waals surface area contributed by atoms with E-state index in [9.17, 15) is 22.8 Å². The Balaban J connectivity index is 1.32. The van der Waals surface area contributed by atoms with E-state index in [4.69, 9.17) is 4.74 Å². The van der Waals surface area contributed by atoms with Crippen LogP contribution in [0.25, 0.3) is 5.65 Å². The van der Waals surface area contributed by atoms with Gasteiger partial charge in [-0.3, -0.25) is 9.59 Å². The molecule has 0 unspecified atom stereocenters. The monoisotopic (exact) mass is 470 g/mol. The predicted molar refractivity (Wildman–Crippen MR) is 119 cm³/mol. The van der Waals surface area contributed by atoms with Gasteiger partial charge in [-0.25, -0.2) is 17.6 Å². The van der Waals surface area contributed by atoms with Crippen molar-refractivity contribution >= 4 is 32.9 Å². The number of ether oxygens (including phenoxy) is 1. The number of Topliss-reactive ketones (excluding diaryl/α,β-unsaturated/α-hetero) is 1. The van der Waals surface area contributed by atoms with Crippen molar-refractivity contribution in [3.63, 3.8) is 0 Å². The van der Waals surface area contributed by atoms with Crippen LogP contribution in [0.5, 0.6) is 5.75 Å². The molecule has 1 aromatic carbocycles. The molecule has 2 aromatic heterocycles. The minimum atomic E-state index is -3.44. The van der Waals surface area contributed by atoms with Gasteiger partial charge in [0.1, 0.15) is 11.6 Å². The minimum Gasteiger partial charge on any atom is -0.481 e. The number of pyridine rings is 1. The Bertz CT molecular complexity index is 1420. The molecule has 1 aliphatic heterocycles. The molecule has 5 rings (SSSR count). The average Bonchev–Trinajstić information content (AvgIpc) is 3.51. The SMILES string of the molecule is CS(=O)(=O)Cn1nc2ccc(N3CC[C@@H](Oc4ccc(C(=O)C5CC5)cc4)C3=O)cn2c1=O. The summed E-state index contributed by atoms with van der Waals surface area (Å²) in [6.07, 6.45) is 4.16. The Morgan fingerprint density at radius 2 is 1.82 bits per heavy atom. The van der Waals surface area contributed by atoms with E-state index in [1.54, 1.807) is 36.4 Å². The number of benzene rings is 1. The number of rotatable bonds is 7. The molecule has 1 aliphatic carbocycles. The van der Waals surface area contributed by atoms with E-state index < -0.39 is 27.5 Å². The van der Waals surface area contributed by atoms with E-state index in [2.05, 4.69) is 5.10 Å². The zero-order chi connectivity index (χ0) is 23.3. The zero-order valence-electron chi connectivity index (χ0n) is 17.9. The van der Waals surface area contributed by atoms with Gasteiger partial charge in [-0.2, -0.15) is 4.68 Å². The molecule has 11 heteroatoms. The first-order valence-electron chi connectivity index (χ1n) is 10.6. The van der Waals surface area contributed by atoms with Gasteiger partial charge in [0.05, 0.1) is 5.69 Å². The topological polar surface area (TPSA) is 120 Å². The number of amides is 1. The van der Waals surface area contributed by atoms with Crippen molar-refractivity contribution < 1.29 is 22.7 Å². The molecule has 1 amide bonds. The van der Waals surface area contributed by atoms with Gasteiger partial charge in [0.2, 0.25) is 0 Å². The van der Waals surface area contributed by atoms with Crippen molar-refractivity contribution in [2.45, 2.75) is 31.2 Å². The number of hydrogen-bond acceptors (Lipinski definition) is 7. The minimum absolute atomic E-state index is 0.144. The second kappa shape index (κ2) is 7.84. The lowest BCUT2D eigenvalue weighted by Crippen LogP contribution is -2.32. The maximum absolute atomic E-state index is 13.0. The summed E-state index contributed by atoms with van der Waals surface area (Å²) >= 11 is 0. The Morgan fingerprint density at radius 3 is 2.48 bits per heavy atom. The van der Waals surface area contributed by atoms with Crippen molar-refractivity contribution in [3.8, 4) is 5.75 Å². The highest BCUT2D eigenvalue weighted by Gasteiger charge is 2.35. The molecule has 0 spiro atoms. The smallest absolute Gasteiger partial charge is 0.351 e. The fourth-order valence-corrected chi connectivity index (χ4v) is 4.55. The lowest BCUT2D eigenvalue weighted by atomic mass is 10.1. The molecule has 0 radical (unpaired) electrons. The van der Waals surface area contributed by atoms with Crippen LogP contribution in [0.4, 0.5) is 5.69 Å². The van der Waals surface area contributed by atoms with Crippen LogP contribution in [-0.2, 0) is 20.5 Å². The summed E-state index contributed by atoms with van der Waals surface area (Å²) in [6, 6.07) is 10.1. The highest BCUT2D eigenvalue weighted by atomic mass is 32.2. The molecule has 172 valence electrons. The summed E-state index contributed by atoms with van der Waals surface area (Å²) in [6.45, 7) is 0.402. The van der Waals surface area contributed by atoms with E-state index in [0.29, 0.717) is 30.0 Å². The molecule has 3 heterocycles. The molecule has 1 atom stereocenters. The van der Waals surface area contributed by atoms with E-state index in [1.165, 1.54) is 15.5 Å². The standard InChI is InChI=1S/C22H22N4O6S/c1-33(30,31)13-26-22(29)25-12-16(6-9-19(25)23-26)24-11-10-18(21(24)28)32-17-7-4-15(5-8-17)20(27)14-2-3-14/h4-9,12,14,18H,2-3,10-11,13H2,1H3/t18-/m1/s1. The predicted octanol–water partition coefficient (Wildman–Crippen LogP) is 1.28. The highest BCUT2D eigenvalue weighted by molar-refractivity contribution is 7.89. The molecule has 33 heavy (non-hydrogen) atoms. The van der Waals surface area contributed by atoms with Crippen LogP contribution >= 0.6 is 0 Å². The normalized spacial score (nSPS) is 18.8. The Morgan fingerprint density at radius 1 is 1.09 bits per heavy atom. The van der Waals surface area contributed by atoms with Crippen LogP contribution < -0.4 is 15.3 Å². The molecule has 1 saturated heterocycles. The number of sulfone groups is 1. The van der Waals surface area contributed by atoms with Crippen molar-refractivity contribution in [2.75, 3.05) is 17.7 Å². The molecule has 2 aliphatic rings. The summed E-state index contributed by atoms with van der Waals surface area (Å²) < 4.78 is 31.0. The van der Waals surface area contributed by atoms with E-state index >= 15 is 0 Å². The van der Waals surface area contributed by atoms with E-state index in [1.807, 2.05) is 0 Å². The molecule has 3 aromatic rings. The van der Waals surface area contributed by atoms with Gasteiger partial charge in [0.25, 0.3) is 5.91 Å². The summed E-state index contributed by atoms with van der Waals surface area (Å²) in [5, 5.41) is 4.03. The molecule has 10 nitrogen and oxygen atoms in total. The Labute approximate surface area is 189 Å². The number of carbonyl (C=O) groups is 2. The Hall–Kier alpha value is -3.47. The van der Waals surface area contributed by atoms with Gasteiger partial charge >= 0.3 is 5.69 Å². The summed E-state index contributed by atoms with van der Waals surface area (Å²) in [5.74, 6) is 0.0347. The third kappa shape index (κ3) is 4.28. The van der Waals surface area contributed by atoms with Gasteiger partial charge in [-0.15, -0.1) is 5.10 Å². The third-order valence-corrected chi connectivity index (χ3v) is 6.47. The van der Waals surface area contributed by atoms with Gasteiger partial charge < -0.3 is 9.64 Å². The van der Waals surface area contributed by atoms with Crippen molar-refractivity contribution in [2.24, 2.45) is 5.92 Å². The quantitative estimate of drug-likeness (QED) is 0.477. The highest BCUT2D eigenvalue weighted by Crippen LogP contribution is 2.33. The summed E-state index contributed by atoms with van der Waals surface area (Å²) in [7, 11) is -3.44. The Kier molecular flexibility index (Phi) is 5.08. The lowest BCUT2D eigenvalue weighted by molar-refractivity contribution is -0.122. The van der Waals surface area contributed by atoms with Crippen LogP contribution in [0.2, 0.25) is 0 Å². The number of nitrogens with zero attached hydrogens (tertiary/aromatic N) is 4. The lowest BCUT2D eigenvalue weighted by Gasteiger charge is -2.17. The second-order valence-electron chi connectivity index (χ2n) is 8.50. The van der Waals surface area contributed by atoms with Crippen molar-refractivity contribution in [3.05, 3.63) is 58.6 Å². The van der Waals surface area contributed by atoms with Gasteiger partial charge in [0, 0.05) is 36.9 Å².